The Labute approximate surface area is 136 Å². The molecule has 0 aliphatic carbocycles. The quantitative estimate of drug-likeness (QED) is 0.434. The average molecular weight is 310 g/mol. The van der Waals surface area contributed by atoms with Gasteiger partial charge >= 0.3 is 0 Å². The number of hydrogen-bond donors (Lipinski definition) is 1. The van der Waals surface area contributed by atoms with Crippen LogP contribution in [0.4, 0.5) is 0 Å². The van der Waals surface area contributed by atoms with Gasteiger partial charge in [-0.1, -0.05) is 64.7 Å². The van der Waals surface area contributed by atoms with Gasteiger partial charge < -0.3 is 5.32 Å². The van der Waals surface area contributed by atoms with Gasteiger partial charge in [-0.25, -0.2) is 0 Å². The molecule has 0 aromatic rings. The van der Waals surface area contributed by atoms with E-state index in [4.69, 9.17) is 5.73 Å². The average Bonchev–Trinajstić information content (AvgIpc) is 2.48. The second-order valence-electron chi connectivity index (χ2n) is 6.02. The number of carbonyl (C=O) groups is 2. The second kappa shape index (κ2) is 16.3. The van der Waals surface area contributed by atoms with E-state index in [0.29, 0.717) is 19.4 Å². The lowest BCUT2D eigenvalue weighted by atomic mass is 10.1. The first-order chi connectivity index (χ1) is 10.7. The highest BCUT2D eigenvalue weighted by atomic mass is 16.1. The lowest BCUT2D eigenvalue weighted by molar-refractivity contribution is -0.121. The monoisotopic (exact) mass is 310 g/mol. The molecular weight excluding hydrogens is 276 g/mol. The Bertz CT molecular complexity index is 280. The van der Waals surface area contributed by atoms with Gasteiger partial charge in [0.05, 0.1) is 0 Å². The molecule has 0 rings (SSSR count). The highest BCUT2D eigenvalue weighted by Gasteiger charge is 2.01. The summed E-state index contributed by atoms with van der Waals surface area (Å²) in [6.45, 7) is 4.54. The molecule has 0 aliphatic rings. The van der Waals surface area contributed by atoms with Crippen LogP contribution in [-0.2, 0) is 9.59 Å². The molecule has 22 heavy (non-hydrogen) atoms. The largest absolute Gasteiger partial charge is 0.356 e. The third-order valence-electron chi connectivity index (χ3n) is 3.81. The lowest BCUT2D eigenvalue weighted by Crippen LogP contribution is -2.24. The second-order valence-corrected chi connectivity index (χ2v) is 6.02. The van der Waals surface area contributed by atoms with Gasteiger partial charge in [0, 0.05) is 19.4 Å². The molecule has 0 unspecified atom stereocenters. The summed E-state index contributed by atoms with van der Waals surface area (Å²) in [7, 11) is 0. The fraction of sp³-hybridized carbons (Fsp3) is 0.833. The first-order valence-corrected chi connectivity index (χ1v) is 8.97. The Morgan fingerprint density at radius 3 is 1.82 bits per heavy atom. The minimum atomic E-state index is -0.494. The summed E-state index contributed by atoms with van der Waals surface area (Å²) in [6, 6.07) is 0. The van der Waals surface area contributed by atoms with E-state index < -0.39 is 5.91 Å². The zero-order valence-corrected chi connectivity index (χ0v) is 14.1. The molecule has 0 spiro atoms. The van der Waals surface area contributed by atoms with Crippen LogP contribution in [0.5, 0.6) is 0 Å². The van der Waals surface area contributed by atoms with Crippen LogP contribution in [0.25, 0.3) is 0 Å². The maximum absolute atomic E-state index is 11.6. The van der Waals surface area contributed by atoms with Gasteiger partial charge in [0.2, 0.25) is 11.8 Å². The molecule has 0 aliphatic heterocycles. The molecule has 0 aromatic heterocycles. The van der Waals surface area contributed by atoms with E-state index in [2.05, 4.69) is 12.2 Å². The standard InChI is InChI=1S/C18H34N2O2/c1-2-3-4-5-6-7-8-9-12-15-18(22)20-16-13-10-11-14-17(19)21/h19H,1-16H2,(H,20,22). The molecule has 128 valence electrons. The lowest BCUT2D eigenvalue weighted by Gasteiger charge is -2.05. The Balaban J connectivity index is 3.17. The molecule has 0 bridgehead atoms. The maximum Gasteiger partial charge on any atom is 0.238 e. The fourth-order valence-electron chi connectivity index (χ4n) is 2.43. The number of amides is 2. The van der Waals surface area contributed by atoms with Crippen LogP contribution in [0.2, 0.25) is 0 Å². The summed E-state index contributed by atoms with van der Waals surface area (Å²) in [5, 5.41) is 2.92. The van der Waals surface area contributed by atoms with Crippen molar-refractivity contribution >= 4 is 11.8 Å². The van der Waals surface area contributed by atoms with E-state index in [1.54, 1.807) is 0 Å². The van der Waals surface area contributed by atoms with Crippen molar-refractivity contribution in [2.24, 2.45) is 0 Å². The summed E-state index contributed by atoms with van der Waals surface area (Å²) < 4.78 is 0. The van der Waals surface area contributed by atoms with Crippen LogP contribution < -0.4 is 11.1 Å². The van der Waals surface area contributed by atoms with Crippen molar-refractivity contribution in [3.05, 3.63) is 6.92 Å². The zero-order chi connectivity index (χ0) is 16.5. The van der Waals surface area contributed by atoms with E-state index in [0.717, 1.165) is 38.5 Å². The van der Waals surface area contributed by atoms with Crippen LogP contribution in [0, 0.1) is 6.92 Å². The van der Waals surface area contributed by atoms with Gasteiger partial charge in [-0.15, -0.1) is 0 Å². The number of nitrogens with one attached hydrogen (secondary N) is 2. The fourth-order valence-corrected chi connectivity index (χ4v) is 2.43. The van der Waals surface area contributed by atoms with Crippen molar-refractivity contribution in [3.8, 4) is 0 Å². The molecule has 2 amide bonds. The van der Waals surface area contributed by atoms with Gasteiger partial charge in [0.25, 0.3) is 0 Å². The minimum Gasteiger partial charge on any atom is -0.356 e. The number of unbranched alkanes of at least 4 members (excludes halogenated alkanes) is 10. The third kappa shape index (κ3) is 17.0. The third-order valence-corrected chi connectivity index (χ3v) is 3.81. The molecule has 2 radical (unpaired) electrons. The summed E-state index contributed by atoms with van der Waals surface area (Å²) in [5.41, 5.74) is 6.78. The Kier molecular flexibility index (Phi) is 15.5. The molecule has 0 aromatic carbocycles. The predicted octanol–water partition coefficient (Wildman–Crippen LogP) is 4.21. The predicted molar refractivity (Wildman–Crippen MR) is 91.1 cm³/mol. The topological polar surface area (TPSA) is 70.0 Å². The summed E-state index contributed by atoms with van der Waals surface area (Å²) in [6.07, 6.45) is 14.4. The van der Waals surface area contributed by atoms with Crippen LogP contribution >= 0.6 is 0 Å². The van der Waals surface area contributed by atoms with Gasteiger partial charge in [0.15, 0.2) is 0 Å². The van der Waals surface area contributed by atoms with Gasteiger partial charge in [0.1, 0.15) is 0 Å². The van der Waals surface area contributed by atoms with Crippen molar-refractivity contribution in [2.45, 2.75) is 89.9 Å². The molecule has 0 heterocycles. The molecule has 2 N–H and O–H groups in total. The van der Waals surface area contributed by atoms with E-state index in [-0.39, 0.29) is 5.91 Å². The summed E-state index contributed by atoms with van der Waals surface area (Å²) in [5.74, 6) is -0.349. The van der Waals surface area contributed by atoms with Crippen LogP contribution in [0.1, 0.15) is 89.9 Å². The van der Waals surface area contributed by atoms with Crippen LogP contribution in [0.3, 0.4) is 0 Å². The summed E-state index contributed by atoms with van der Waals surface area (Å²) >= 11 is 0. The van der Waals surface area contributed by atoms with E-state index in [1.165, 1.54) is 38.5 Å². The van der Waals surface area contributed by atoms with Crippen LogP contribution in [-0.4, -0.2) is 18.4 Å². The van der Waals surface area contributed by atoms with Crippen LogP contribution in [0.15, 0.2) is 0 Å². The van der Waals surface area contributed by atoms with Gasteiger partial charge in [-0.05, 0) is 19.3 Å². The molecule has 4 nitrogen and oxygen atoms in total. The van der Waals surface area contributed by atoms with Crippen molar-refractivity contribution in [2.75, 3.05) is 6.54 Å². The van der Waals surface area contributed by atoms with Crippen molar-refractivity contribution in [1.29, 1.82) is 0 Å². The molecule has 0 saturated carbocycles. The Morgan fingerprint density at radius 1 is 0.727 bits per heavy atom. The van der Waals surface area contributed by atoms with E-state index in [1.807, 2.05) is 0 Å². The SMILES string of the molecule is [CH2]CCCCCCCCCCC(=O)NCCCCCC([NH])=O. The van der Waals surface area contributed by atoms with Crippen molar-refractivity contribution in [3.63, 3.8) is 0 Å². The first-order valence-electron chi connectivity index (χ1n) is 8.97. The first kappa shape index (κ1) is 20.9. The minimum absolute atomic E-state index is 0.145. The van der Waals surface area contributed by atoms with Gasteiger partial charge in [-0.2, -0.15) is 0 Å². The number of hydrogen-bond acceptors (Lipinski definition) is 2. The maximum atomic E-state index is 11.6. The number of carbonyl (C=O) groups excluding carboxylic acids is 2. The van der Waals surface area contributed by atoms with Crippen molar-refractivity contribution in [1.82, 2.24) is 11.1 Å². The number of rotatable bonds is 16. The molecule has 0 saturated heterocycles. The smallest absolute Gasteiger partial charge is 0.238 e. The van der Waals surface area contributed by atoms with Crippen molar-refractivity contribution < 1.29 is 9.59 Å². The zero-order valence-electron chi connectivity index (χ0n) is 14.1. The van der Waals surface area contributed by atoms with Gasteiger partial charge in [-0.3, -0.25) is 15.3 Å². The Hall–Kier alpha value is -1.06. The van der Waals surface area contributed by atoms with E-state index in [9.17, 15) is 9.59 Å². The molecular formula is C18H34N2O2. The Morgan fingerprint density at radius 2 is 1.23 bits per heavy atom. The molecule has 4 heteroatoms. The highest BCUT2D eigenvalue weighted by molar-refractivity contribution is 5.75. The van der Waals surface area contributed by atoms with E-state index >= 15 is 0 Å². The normalized spacial score (nSPS) is 10.6. The highest BCUT2D eigenvalue weighted by Crippen LogP contribution is 2.10. The molecule has 0 atom stereocenters. The molecule has 0 fully saturated rings. The summed E-state index contributed by atoms with van der Waals surface area (Å²) in [4.78, 5) is 22.0.